The summed E-state index contributed by atoms with van der Waals surface area (Å²) in [6, 6.07) is 5.50. The van der Waals surface area contributed by atoms with Crippen molar-refractivity contribution in [3.05, 3.63) is 27.6 Å². The van der Waals surface area contributed by atoms with Gasteiger partial charge in [0.2, 0.25) is 0 Å². The lowest BCUT2D eigenvalue weighted by Crippen LogP contribution is -2.42. The number of alkyl carbamates (subject to hydrolysis) is 1. The Kier molecular flexibility index (Phi) is 6.93. The Hall–Kier alpha value is -1.05. The van der Waals surface area contributed by atoms with E-state index >= 15 is 0 Å². The SMILES string of the molecule is CN(C[C@H]1CC[C@H](NC(=O)OC(C)(C)C)CC1)c1ccc(I)cc1F. The average Bonchev–Trinajstić information content (AvgIpc) is 2.47. The van der Waals surface area contributed by atoms with Gasteiger partial charge in [0.05, 0.1) is 5.69 Å². The first-order valence-corrected chi connectivity index (χ1v) is 9.87. The molecule has 1 aromatic carbocycles. The number of hydrogen-bond donors (Lipinski definition) is 1. The van der Waals surface area contributed by atoms with Crippen molar-refractivity contribution in [3.8, 4) is 0 Å². The molecule has 1 amide bonds. The van der Waals surface area contributed by atoms with Crippen molar-refractivity contribution >= 4 is 34.4 Å². The van der Waals surface area contributed by atoms with Gasteiger partial charge in [-0.05, 0) is 93.2 Å². The Morgan fingerprint density at radius 3 is 2.52 bits per heavy atom. The Morgan fingerprint density at radius 1 is 1.32 bits per heavy atom. The average molecular weight is 462 g/mol. The Bertz CT molecular complexity index is 596. The number of nitrogens with zero attached hydrogens (tertiary/aromatic N) is 1. The Balaban J connectivity index is 1.79. The molecule has 4 nitrogen and oxygen atoms in total. The van der Waals surface area contributed by atoms with E-state index in [0.29, 0.717) is 11.6 Å². The standard InChI is InChI=1S/C19H28FIN2O2/c1-19(2,3)25-18(24)22-15-8-5-13(6-9-15)12-23(4)17-10-7-14(21)11-16(17)20/h7,10-11,13,15H,5-6,8-9,12H2,1-4H3,(H,22,24)/t13-,15-. The number of carbonyl (C=O) groups is 1. The van der Waals surface area contributed by atoms with Gasteiger partial charge < -0.3 is 15.0 Å². The molecule has 1 saturated carbocycles. The van der Waals surface area contributed by atoms with Gasteiger partial charge in [0, 0.05) is 23.2 Å². The molecule has 6 heteroatoms. The van der Waals surface area contributed by atoms with Gasteiger partial charge in [-0.3, -0.25) is 0 Å². The second-order valence-electron chi connectivity index (χ2n) is 7.84. The van der Waals surface area contributed by atoms with Crippen molar-refractivity contribution in [1.82, 2.24) is 5.32 Å². The summed E-state index contributed by atoms with van der Waals surface area (Å²) in [7, 11) is 1.94. The molecule has 140 valence electrons. The van der Waals surface area contributed by atoms with Crippen LogP contribution in [-0.2, 0) is 4.74 Å². The molecule has 1 aliphatic rings. The van der Waals surface area contributed by atoms with Crippen LogP contribution in [0.4, 0.5) is 14.9 Å². The summed E-state index contributed by atoms with van der Waals surface area (Å²) in [6.07, 6.45) is 3.59. The lowest BCUT2D eigenvalue weighted by atomic mass is 9.85. The van der Waals surface area contributed by atoms with Gasteiger partial charge in [0.1, 0.15) is 11.4 Å². The van der Waals surface area contributed by atoms with Crippen molar-refractivity contribution < 1.29 is 13.9 Å². The van der Waals surface area contributed by atoms with Crippen LogP contribution in [0.25, 0.3) is 0 Å². The zero-order valence-electron chi connectivity index (χ0n) is 15.4. The molecule has 0 heterocycles. The summed E-state index contributed by atoms with van der Waals surface area (Å²) in [5, 5.41) is 2.96. The number of carbonyl (C=O) groups excluding carboxylic acids is 1. The molecule has 0 aliphatic heterocycles. The quantitative estimate of drug-likeness (QED) is 0.644. The molecular formula is C19H28FIN2O2. The highest BCUT2D eigenvalue weighted by Gasteiger charge is 2.25. The number of hydrogen-bond acceptors (Lipinski definition) is 3. The van der Waals surface area contributed by atoms with Crippen LogP contribution >= 0.6 is 22.6 Å². The van der Waals surface area contributed by atoms with Crippen LogP contribution in [0.15, 0.2) is 18.2 Å². The van der Waals surface area contributed by atoms with Crippen LogP contribution in [0.2, 0.25) is 0 Å². The van der Waals surface area contributed by atoms with Crippen molar-refractivity contribution in [2.75, 3.05) is 18.5 Å². The smallest absolute Gasteiger partial charge is 0.407 e. The fraction of sp³-hybridized carbons (Fsp3) is 0.632. The van der Waals surface area contributed by atoms with Gasteiger partial charge >= 0.3 is 6.09 Å². The third-order valence-electron chi connectivity index (χ3n) is 4.42. The highest BCUT2D eigenvalue weighted by molar-refractivity contribution is 14.1. The molecule has 2 rings (SSSR count). The van der Waals surface area contributed by atoms with Crippen molar-refractivity contribution in [1.29, 1.82) is 0 Å². The second kappa shape index (κ2) is 8.56. The maximum absolute atomic E-state index is 14.1. The van der Waals surface area contributed by atoms with E-state index in [2.05, 4.69) is 27.9 Å². The summed E-state index contributed by atoms with van der Waals surface area (Å²) >= 11 is 2.12. The van der Waals surface area contributed by atoms with Gasteiger partial charge in [-0.15, -0.1) is 0 Å². The first-order chi connectivity index (χ1) is 11.6. The molecule has 1 aliphatic carbocycles. The summed E-state index contributed by atoms with van der Waals surface area (Å²) in [5.74, 6) is 0.343. The van der Waals surface area contributed by atoms with Crippen molar-refractivity contribution in [2.45, 2.75) is 58.1 Å². The molecule has 0 spiro atoms. The normalized spacial score (nSPS) is 20.9. The first-order valence-electron chi connectivity index (χ1n) is 8.80. The minimum Gasteiger partial charge on any atom is -0.444 e. The molecule has 1 N–H and O–H groups in total. The number of amides is 1. The lowest BCUT2D eigenvalue weighted by molar-refractivity contribution is 0.0487. The Morgan fingerprint density at radius 2 is 1.96 bits per heavy atom. The van der Waals surface area contributed by atoms with Crippen LogP contribution in [0.1, 0.15) is 46.5 Å². The van der Waals surface area contributed by atoms with E-state index in [1.807, 2.05) is 44.9 Å². The Labute approximate surface area is 163 Å². The first kappa shape index (κ1) is 20.3. The minimum atomic E-state index is -0.471. The summed E-state index contributed by atoms with van der Waals surface area (Å²) in [6.45, 7) is 6.42. The number of anilines is 1. The topological polar surface area (TPSA) is 41.6 Å². The predicted molar refractivity (Wildman–Crippen MR) is 108 cm³/mol. The van der Waals surface area contributed by atoms with Crippen LogP contribution in [-0.4, -0.2) is 31.3 Å². The van der Waals surface area contributed by atoms with E-state index in [1.54, 1.807) is 6.07 Å². The number of benzene rings is 1. The van der Waals surface area contributed by atoms with E-state index in [9.17, 15) is 9.18 Å². The minimum absolute atomic E-state index is 0.172. The molecule has 0 radical (unpaired) electrons. The van der Waals surface area contributed by atoms with Gasteiger partial charge in [-0.1, -0.05) is 0 Å². The maximum atomic E-state index is 14.1. The van der Waals surface area contributed by atoms with E-state index in [1.165, 1.54) is 0 Å². The number of halogens is 2. The lowest BCUT2D eigenvalue weighted by Gasteiger charge is -2.33. The third-order valence-corrected chi connectivity index (χ3v) is 5.09. The summed E-state index contributed by atoms with van der Waals surface area (Å²) in [4.78, 5) is 13.9. The fourth-order valence-electron chi connectivity index (χ4n) is 3.24. The molecule has 0 saturated heterocycles. The zero-order chi connectivity index (χ0) is 18.6. The van der Waals surface area contributed by atoms with Gasteiger partial charge in [0.15, 0.2) is 0 Å². The van der Waals surface area contributed by atoms with Crippen LogP contribution in [0.5, 0.6) is 0 Å². The largest absolute Gasteiger partial charge is 0.444 e. The second-order valence-corrected chi connectivity index (χ2v) is 9.09. The monoisotopic (exact) mass is 462 g/mol. The van der Waals surface area contributed by atoms with Crippen LogP contribution < -0.4 is 10.2 Å². The number of rotatable bonds is 4. The molecule has 25 heavy (non-hydrogen) atoms. The molecule has 0 bridgehead atoms. The van der Waals surface area contributed by atoms with Gasteiger partial charge in [-0.2, -0.15) is 0 Å². The fourth-order valence-corrected chi connectivity index (χ4v) is 3.69. The highest BCUT2D eigenvalue weighted by atomic mass is 127. The third kappa shape index (κ3) is 6.64. The summed E-state index contributed by atoms with van der Waals surface area (Å²) < 4.78 is 20.3. The van der Waals surface area contributed by atoms with Crippen LogP contribution in [0, 0.1) is 15.3 Å². The van der Waals surface area contributed by atoms with E-state index in [0.717, 1.165) is 35.8 Å². The highest BCUT2D eigenvalue weighted by Crippen LogP contribution is 2.28. The molecule has 0 aromatic heterocycles. The zero-order valence-corrected chi connectivity index (χ0v) is 17.6. The predicted octanol–water partition coefficient (Wildman–Crippen LogP) is 4.95. The van der Waals surface area contributed by atoms with Crippen LogP contribution in [0.3, 0.4) is 0 Å². The number of nitrogens with one attached hydrogen (secondary N) is 1. The van der Waals surface area contributed by atoms with E-state index in [-0.39, 0.29) is 18.0 Å². The molecular weight excluding hydrogens is 434 g/mol. The van der Waals surface area contributed by atoms with Crippen molar-refractivity contribution in [2.24, 2.45) is 5.92 Å². The van der Waals surface area contributed by atoms with E-state index < -0.39 is 5.60 Å². The molecule has 1 fully saturated rings. The molecule has 1 aromatic rings. The van der Waals surface area contributed by atoms with E-state index in [4.69, 9.17) is 4.74 Å². The van der Waals surface area contributed by atoms with Crippen molar-refractivity contribution in [3.63, 3.8) is 0 Å². The summed E-state index contributed by atoms with van der Waals surface area (Å²) in [5.41, 5.74) is 0.177. The maximum Gasteiger partial charge on any atom is 0.407 e. The van der Waals surface area contributed by atoms with Gasteiger partial charge in [-0.25, -0.2) is 9.18 Å². The number of ether oxygens (including phenoxy) is 1. The molecule has 0 atom stereocenters. The van der Waals surface area contributed by atoms with Gasteiger partial charge in [0.25, 0.3) is 0 Å². The molecule has 0 unspecified atom stereocenters.